The van der Waals surface area contributed by atoms with Gasteiger partial charge in [0, 0.05) is 37.1 Å². The van der Waals surface area contributed by atoms with E-state index in [1.54, 1.807) is 30.5 Å². The van der Waals surface area contributed by atoms with Crippen molar-refractivity contribution in [3.05, 3.63) is 66.6 Å². The van der Waals surface area contributed by atoms with Crippen molar-refractivity contribution in [2.75, 3.05) is 19.0 Å². The third kappa shape index (κ3) is 2.93. The van der Waals surface area contributed by atoms with E-state index in [1.807, 2.05) is 43.3 Å². The van der Waals surface area contributed by atoms with Gasteiger partial charge in [-0.1, -0.05) is 6.07 Å². The number of carbonyl (C=O) groups is 1. The Hall–Kier alpha value is -3.54. The van der Waals surface area contributed by atoms with Crippen LogP contribution < -0.4 is 9.64 Å². The van der Waals surface area contributed by atoms with Crippen LogP contribution in [-0.4, -0.2) is 35.0 Å². The standard InChI is InChI=1S/C20H16N4O2/c1-24(2)19-16-8-6-14(10-18(16)22-12-23-19)20(25)26-15-7-5-13-4-3-9-21-17(13)11-15/h3-12H,1-2H3. The fraction of sp³-hybridized carbons (Fsp3) is 0.100. The van der Waals surface area contributed by atoms with Gasteiger partial charge in [-0.15, -0.1) is 0 Å². The molecule has 0 fully saturated rings. The Morgan fingerprint density at radius 2 is 1.85 bits per heavy atom. The third-order valence-corrected chi connectivity index (χ3v) is 4.06. The Kier molecular flexibility index (Phi) is 3.93. The van der Waals surface area contributed by atoms with Gasteiger partial charge in [-0.05, 0) is 36.4 Å². The number of carbonyl (C=O) groups excluding carboxylic acids is 1. The Labute approximate surface area is 150 Å². The first-order valence-electron chi connectivity index (χ1n) is 8.11. The smallest absolute Gasteiger partial charge is 0.343 e. The van der Waals surface area contributed by atoms with Crippen molar-refractivity contribution in [1.82, 2.24) is 15.0 Å². The summed E-state index contributed by atoms with van der Waals surface area (Å²) < 4.78 is 5.50. The van der Waals surface area contributed by atoms with Gasteiger partial charge in [-0.25, -0.2) is 14.8 Å². The van der Waals surface area contributed by atoms with Crippen LogP contribution in [0.25, 0.3) is 21.8 Å². The van der Waals surface area contributed by atoms with Crippen LogP contribution in [0, 0.1) is 0 Å². The molecule has 0 spiro atoms. The average molecular weight is 344 g/mol. The fourth-order valence-electron chi connectivity index (χ4n) is 2.80. The van der Waals surface area contributed by atoms with Gasteiger partial charge in [0.2, 0.25) is 0 Å². The summed E-state index contributed by atoms with van der Waals surface area (Å²) in [5.41, 5.74) is 1.90. The summed E-state index contributed by atoms with van der Waals surface area (Å²) in [6.45, 7) is 0. The molecule has 2 aromatic heterocycles. The van der Waals surface area contributed by atoms with Crippen molar-refractivity contribution in [1.29, 1.82) is 0 Å². The van der Waals surface area contributed by atoms with E-state index >= 15 is 0 Å². The zero-order valence-electron chi connectivity index (χ0n) is 14.4. The highest BCUT2D eigenvalue weighted by molar-refractivity contribution is 5.98. The van der Waals surface area contributed by atoms with Crippen molar-refractivity contribution in [3.8, 4) is 5.75 Å². The Balaban J connectivity index is 1.65. The molecular formula is C20H16N4O2. The molecular weight excluding hydrogens is 328 g/mol. The van der Waals surface area contributed by atoms with E-state index in [0.717, 1.165) is 22.1 Å². The van der Waals surface area contributed by atoms with Gasteiger partial charge in [-0.3, -0.25) is 4.98 Å². The quantitative estimate of drug-likeness (QED) is 0.419. The maximum atomic E-state index is 12.5. The van der Waals surface area contributed by atoms with Crippen LogP contribution in [0.1, 0.15) is 10.4 Å². The lowest BCUT2D eigenvalue weighted by molar-refractivity contribution is 0.0735. The van der Waals surface area contributed by atoms with E-state index in [9.17, 15) is 4.79 Å². The molecule has 6 nitrogen and oxygen atoms in total. The number of anilines is 1. The van der Waals surface area contributed by atoms with E-state index in [0.29, 0.717) is 16.8 Å². The van der Waals surface area contributed by atoms with Crippen LogP contribution >= 0.6 is 0 Å². The second kappa shape index (κ2) is 6.40. The zero-order chi connectivity index (χ0) is 18.1. The molecule has 0 atom stereocenters. The third-order valence-electron chi connectivity index (χ3n) is 4.06. The highest BCUT2D eigenvalue weighted by Crippen LogP contribution is 2.24. The summed E-state index contributed by atoms with van der Waals surface area (Å²) in [7, 11) is 3.83. The van der Waals surface area contributed by atoms with Crippen molar-refractivity contribution in [3.63, 3.8) is 0 Å². The lowest BCUT2D eigenvalue weighted by Crippen LogP contribution is -2.12. The monoisotopic (exact) mass is 344 g/mol. The number of aromatic nitrogens is 3. The predicted molar refractivity (Wildman–Crippen MR) is 101 cm³/mol. The highest BCUT2D eigenvalue weighted by Gasteiger charge is 2.13. The van der Waals surface area contributed by atoms with Gasteiger partial charge < -0.3 is 9.64 Å². The SMILES string of the molecule is CN(C)c1ncnc2cc(C(=O)Oc3ccc4cccnc4c3)ccc12. The Morgan fingerprint density at radius 1 is 0.962 bits per heavy atom. The van der Waals surface area contributed by atoms with Gasteiger partial charge in [0.1, 0.15) is 17.9 Å². The van der Waals surface area contributed by atoms with Crippen molar-refractivity contribution in [2.45, 2.75) is 0 Å². The second-order valence-electron chi connectivity index (χ2n) is 6.07. The van der Waals surface area contributed by atoms with E-state index in [-0.39, 0.29) is 0 Å². The van der Waals surface area contributed by atoms with Crippen LogP contribution in [-0.2, 0) is 0 Å². The minimum atomic E-state index is -0.438. The molecule has 0 N–H and O–H groups in total. The van der Waals surface area contributed by atoms with Gasteiger partial charge in [0.15, 0.2) is 0 Å². The van der Waals surface area contributed by atoms with Crippen molar-refractivity contribution < 1.29 is 9.53 Å². The number of nitrogens with zero attached hydrogens (tertiary/aromatic N) is 4. The van der Waals surface area contributed by atoms with Gasteiger partial charge in [0.05, 0.1) is 16.6 Å². The molecule has 0 aliphatic heterocycles. The molecule has 0 saturated heterocycles. The molecule has 0 bridgehead atoms. The number of ether oxygens (including phenoxy) is 1. The number of hydrogen-bond donors (Lipinski definition) is 0. The number of benzene rings is 2. The van der Waals surface area contributed by atoms with Crippen LogP contribution in [0.3, 0.4) is 0 Å². The first-order valence-corrected chi connectivity index (χ1v) is 8.11. The maximum Gasteiger partial charge on any atom is 0.343 e. The molecule has 26 heavy (non-hydrogen) atoms. The zero-order valence-corrected chi connectivity index (χ0v) is 14.4. The van der Waals surface area contributed by atoms with E-state index in [1.165, 1.54) is 6.33 Å². The van der Waals surface area contributed by atoms with Gasteiger partial charge in [0.25, 0.3) is 0 Å². The summed E-state index contributed by atoms with van der Waals surface area (Å²) in [5.74, 6) is 0.820. The molecule has 2 heterocycles. The number of pyridine rings is 1. The lowest BCUT2D eigenvalue weighted by atomic mass is 10.1. The van der Waals surface area contributed by atoms with E-state index < -0.39 is 5.97 Å². The first-order chi connectivity index (χ1) is 12.6. The lowest BCUT2D eigenvalue weighted by Gasteiger charge is -2.13. The molecule has 0 amide bonds. The van der Waals surface area contributed by atoms with Gasteiger partial charge in [-0.2, -0.15) is 0 Å². The minimum absolute atomic E-state index is 0.432. The van der Waals surface area contributed by atoms with Crippen LogP contribution in [0.15, 0.2) is 61.1 Å². The normalized spacial score (nSPS) is 10.8. The van der Waals surface area contributed by atoms with Crippen LogP contribution in [0.4, 0.5) is 5.82 Å². The number of rotatable bonds is 3. The molecule has 4 rings (SSSR count). The summed E-state index contributed by atoms with van der Waals surface area (Å²) >= 11 is 0. The largest absolute Gasteiger partial charge is 0.423 e. The molecule has 2 aromatic carbocycles. The molecule has 0 radical (unpaired) electrons. The molecule has 0 unspecified atom stereocenters. The fourth-order valence-corrected chi connectivity index (χ4v) is 2.80. The average Bonchev–Trinajstić information content (AvgIpc) is 2.66. The maximum absolute atomic E-state index is 12.5. The summed E-state index contributed by atoms with van der Waals surface area (Å²) in [5, 5.41) is 1.87. The Morgan fingerprint density at radius 3 is 2.69 bits per heavy atom. The predicted octanol–water partition coefficient (Wildman–Crippen LogP) is 3.46. The molecule has 0 aliphatic carbocycles. The number of hydrogen-bond acceptors (Lipinski definition) is 6. The number of fused-ring (bicyclic) bond motifs is 2. The minimum Gasteiger partial charge on any atom is -0.423 e. The second-order valence-corrected chi connectivity index (χ2v) is 6.07. The molecule has 0 saturated carbocycles. The van der Waals surface area contributed by atoms with Crippen LogP contribution in [0.2, 0.25) is 0 Å². The van der Waals surface area contributed by atoms with Crippen molar-refractivity contribution in [2.24, 2.45) is 0 Å². The Bertz CT molecular complexity index is 1120. The summed E-state index contributed by atoms with van der Waals surface area (Å²) in [6, 6.07) is 14.5. The summed E-state index contributed by atoms with van der Waals surface area (Å²) in [4.78, 5) is 27.2. The van der Waals surface area contributed by atoms with E-state index in [4.69, 9.17) is 4.74 Å². The summed E-state index contributed by atoms with van der Waals surface area (Å²) in [6.07, 6.45) is 3.20. The van der Waals surface area contributed by atoms with Crippen molar-refractivity contribution >= 4 is 33.6 Å². The molecule has 0 aliphatic rings. The highest BCUT2D eigenvalue weighted by atomic mass is 16.5. The molecule has 4 aromatic rings. The van der Waals surface area contributed by atoms with E-state index in [2.05, 4.69) is 15.0 Å². The van der Waals surface area contributed by atoms with Gasteiger partial charge >= 0.3 is 5.97 Å². The molecule has 6 heteroatoms. The number of esters is 1. The van der Waals surface area contributed by atoms with Crippen LogP contribution in [0.5, 0.6) is 5.75 Å². The first kappa shape index (κ1) is 16.0. The topological polar surface area (TPSA) is 68.2 Å². The molecule has 128 valence electrons.